The lowest BCUT2D eigenvalue weighted by atomic mass is 10.1. The summed E-state index contributed by atoms with van der Waals surface area (Å²) in [4.78, 5) is 29.3. The van der Waals surface area contributed by atoms with Crippen molar-refractivity contribution in [1.82, 2.24) is 20.2 Å². The minimum atomic E-state index is -0.297. The van der Waals surface area contributed by atoms with E-state index in [0.29, 0.717) is 10.7 Å². The van der Waals surface area contributed by atoms with E-state index in [1.807, 2.05) is 46.4 Å². The molecule has 1 saturated carbocycles. The molecule has 25 heavy (non-hydrogen) atoms. The normalized spacial score (nSPS) is 18.9. The van der Waals surface area contributed by atoms with Crippen molar-refractivity contribution in [3.8, 4) is 0 Å². The number of nitrogens with zero attached hydrogens (tertiary/aromatic N) is 2. The van der Waals surface area contributed by atoms with Gasteiger partial charge in [-0.2, -0.15) is 0 Å². The Bertz CT molecular complexity index is 922. The summed E-state index contributed by atoms with van der Waals surface area (Å²) in [5, 5.41) is 2.60. The van der Waals surface area contributed by atoms with Gasteiger partial charge in [-0.25, -0.2) is 4.98 Å². The molecule has 0 saturated heterocycles. The molecule has 4 rings (SSSR count). The first-order valence-corrected chi connectivity index (χ1v) is 9.12. The zero-order valence-electron chi connectivity index (χ0n) is 13.1. The molecule has 2 atom stereocenters. The summed E-state index contributed by atoms with van der Waals surface area (Å²) in [6.45, 7) is 0. The zero-order valence-corrected chi connectivity index (χ0v) is 14.7. The average molecular weight is 375 g/mol. The van der Waals surface area contributed by atoms with Crippen LogP contribution >= 0.6 is 22.9 Å². The number of rotatable bonds is 4. The fourth-order valence-electron chi connectivity index (χ4n) is 2.90. The standard InChI is InChI=1S/C17H15ClN4O2S/c18-14-4-2-1-3-11(14)12-8-13(12)16(24)21-20-15(23)7-10-9-22-5-6-25-17(22)19-10/h1-6,9,12-13H,7-8H2,(H,20,23)(H,21,24)/t12-,13-/m1/s1. The molecule has 1 aliphatic rings. The molecule has 2 amide bonds. The predicted molar refractivity (Wildman–Crippen MR) is 95.4 cm³/mol. The van der Waals surface area contributed by atoms with Gasteiger partial charge in [0.25, 0.3) is 0 Å². The molecule has 0 spiro atoms. The van der Waals surface area contributed by atoms with Crippen molar-refractivity contribution in [3.63, 3.8) is 0 Å². The number of aromatic nitrogens is 2. The van der Waals surface area contributed by atoms with Gasteiger partial charge in [-0.15, -0.1) is 11.3 Å². The topological polar surface area (TPSA) is 75.5 Å². The number of fused-ring (bicyclic) bond motifs is 1. The van der Waals surface area contributed by atoms with Gasteiger partial charge in [-0.1, -0.05) is 29.8 Å². The predicted octanol–water partition coefficient (Wildman–Crippen LogP) is 2.54. The minimum absolute atomic E-state index is 0.116. The van der Waals surface area contributed by atoms with Crippen LogP contribution in [-0.2, 0) is 16.0 Å². The molecular formula is C17H15ClN4O2S. The number of carbonyl (C=O) groups is 2. The van der Waals surface area contributed by atoms with E-state index in [4.69, 9.17) is 11.6 Å². The molecule has 128 valence electrons. The molecule has 2 N–H and O–H groups in total. The van der Waals surface area contributed by atoms with Gasteiger partial charge in [0.05, 0.1) is 12.1 Å². The molecule has 0 bridgehead atoms. The number of hydrazine groups is 1. The van der Waals surface area contributed by atoms with E-state index < -0.39 is 0 Å². The van der Waals surface area contributed by atoms with E-state index >= 15 is 0 Å². The number of halogens is 1. The Labute approximate surface area is 152 Å². The van der Waals surface area contributed by atoms with Crippen molar-refractivity contribution < 1.29 is 9.59 Å². The highest BCUT2D eigenvalue weighted by Crippen LogP contribution is 2.49. The van der Waals surface area contributed by atoms with E-state index in [1.54, 1.807) is 0 Å². The van der Waals surface area contributed by atoms with Gasteiger partial charge in [-0.05, 0) is 24.0 Å². The fraction of sp³-hybridized carbons (Fsp3) is 0.235. The fourth-order valence-corrected chi connectivity index (χ4v) is 3.89. The number of amides is 2. The van der Waals surface area contributed by atoms with Crippen molar-refractivity contribution in [1.29, 1.82) is 0 Å². The third-order valence-corrected chi connectivity index (χ3v) is 5.36. The lowest BCUT2D eigenvalue weighted by molar-refractivity contribution is -0.129. The summed E-state index contributed by atoms with van der Waals surface area (Å²) in [5.74, 6) is -0.526. The summed E-state index contributed by atoms with van der Waals surface area (Å²) in [6.07, 6.45) is 4.55. The molecule has 1 aliphatic carbocycles. The number of hydrogen-bond acceptors (Lipinski definition) is 4. The molecule has 8 heteroatoms. The summed E-state index contributed by atoms with van der Waals surface area (Å²) in [5.41, 5.74) is 6.60. The highest BCUT2D eigenvalue weighted by atomic mass is 35.5. The van der Waals surface area contributed by atoms with Crippen LogP contribution in [-0.4, -0.2) is 21.2 Å². The van der Waals surface area contributed by atoms with Crippen LogP contribution < -0.4 is 10.9 Å². The van der Waals surface area contributed by atoms with Crippen molar-refractivity contribution in [2.24, 2.45) is 5.92 Å². The van der Waals surface area contributed by atoms with Crippen LogP contribution in [0.3, 0.4) is 0 Å². The van der Waals surface area contributed by atoms with E-state index in [0.717, 1.165) is 16.9 Å². The summed E-state index contributed by atoms with van der Waals surface area (Å²) < 4.78 is 1.87. The van der Waals surface area contributed by atoms with E-state index in [1.165, 1.54) is 11.3 Å². The molecule has 2 aromatic heterocycles. The van der Waals surface area contributed by atoms with Crippen molar-refractivity contribution in [2.45, 2.75) is 18.8 Å². The third-order valence-electron chi connectivity index (χ3n) is 4.24. The van der Waals surface area contributed by atoms with Crippen molar-refractivity contribution in [2.75, 3.05) is 0 Å². The first kappa shape index (κ1) is 16.1. The Morgan fingerprint density at radius 3 is 2.96 bits per heavy atom. The second kappa shape index (κ2) is 6.50. The lowest BCUT2D eigenvalue weighted by Gasteiger charge is -2.07. The maximum atomic E-state index is 12.2. The largest absolute Gasteiger partial charge is 0.297 e. The molecule has 3 aromatic rings. The first-order chi connectivity index (χ1) is 12.1. The molecule has 0 unspecified atom stereocenters. The van der Waals surface area contributed by atoms with Gasteiger partial charge in [0.15, 0.2) is 4.96 Å². The van der Waals surface area contributed by atoms with Crippen LogP contribution in [0.4, 0.5) is 0 Å². The number of hydrogen-bond donors (Lipinski definition) is 2. The monoisotopic (exact) mass is 374 g/mol. The molecule has 1 aromatic carbocycles. The summed E-state index contributed by atoms with van der Waals surface area (Å²) >= 11 is 7.67. The first-order valence-electron chi connectivity index (χ1n) is 7.86. The van der Waals surface area contributed by atoms with Crippen molar-refractivity contribution >= 4 is 39.7 Å². The van der Waals surface area contributed by atoms with Crippen LogP contribution in [0, 0.1) is 5.92 Å². The average Bonchev–Trinajstić information content (AvgIpc) is 3.12. The van der Waals surface area contributed by atoms with Gasteiger partial charge >= 0.3 is 0 Å². The Kier molecular flexibility index (Phi) is 4.19. The third kappa shape index (κ3) is 3.38. The van der Waals surface area contributed by atoms with Crippen LogP contribution in [0.25, 0.3) is 4.96 Å². The van der Waals surface area contributed by atoms with Gasteiger partial charge in [-0.3, -0.25) is 24.8 Å². The molecule has 0 radical (unpaired) electrons. The number of thiazole rings is 1. The Hall–Kier alpha value is -2.38. The quantitative estimate of drug-likeness (QED) is 0.689. The van der Waals surface area contributed by atoms with Crippen LogP contribution in [0.2, 0.25) is 5.02 Å². The molecular weight excluding hydrogens is 360 g/mol. The molecule has 6 nitrogen and oxygen atoms in total. The van der Waals surface area contributed by atoms with Gasteiger partial charge in [0.2, 0.25) is 11.8 Å². The van der Waals surface area contributed by atoms with E-state index in [9.17, 15) is 9.59 Å². The summed E-state index contributed by atoms with van der Waals surface area (Å²) in [7, 11) is 0. The van der Waals surface area contributed by atoms with E-state index in [2.05, 4.69) is 15.8 Å². The van der Waals surface area contributed by atoms with Crippen LogP contribution in [0.1, 0.15) is 23.6 Å². The molecule has 0 aliphatic heterocycles. The maximum Gasteiger partial charge on any atom is 0.244 e. The number of imidazole rings is 1. The Balaban J connectivity index is 1.28. The van der Waals surface area contributed by atoms with Crippen LogP contribution in [0.5, 0.6) is 0 Å². The lowest BCUT2D eigenvalue weighted by Crippen LogP contribution is -2.43. The minimum Gasteiger partial charge on any atom is -0.297 e. The number of benzene rings is 1. The highest BCUT2D eigenvalue weighted by molar-refractivity contribution is 7.15. The van der Waals surface area contributed by atoms with Crippen molar-refractivity contribution in [3.05, 3.63) is 58.3 Å². The maximum absolute atomic E-state index is 12.2. The Morgan fingerprint density at radius 2 is 2.16 bits per heavy atom. The SMILES string of the molecule is O=C(Cc1cn2ccsc2n1)NNC(=O)[C@@H]1C[C@@H]1c1ccccc1Cl. The summed E-state index contributed by atoms with van der Waals surface area (Å²) in [6, 6.07) is 7.53. The smallest absolute Gasteiger partial charge is 0.244 e. The van der Waals surface area contributed by atoms with Gasteiger partial charge < -0.3 is 0 Å². The van der Waals surface area contributed by atoms with Gasteiger partial charge in [0.1, 0.15) is 0 Å². The molecule has 2 heterocycles. The zero-order chi connectivity index (χ0) is 17.4. The second-order valence-electron chi connectivity index (χ2n) is 6.01. The van der Waals surface area contributed by atoms with Gasteiger partial charge in [0, 0.05) is 28.7 Å². The second-order valence-corrected chi connectivity index (χ2v) is 7.29. The van der Waals surface area contributed by atoms with Crippen LogP contribution in [0.15, 0.2) is 42.0 Å². The number of carbonyl (C=O) groups excluding carboxylic acids is 2. The molecule has 1 fully saturated rings. The Morgan fingerprint density at radius 1 is 1.32 bits per heavy atom. The number of nitrogens with one attached hydrogen (secondary N) is 2. The van der Waals surface area contributed by atoms with E-state index in [-0.39, 0.29) is 30.1 Å². The highest BCUT2D eigenvalue weighted by Gasteiger charge is 2.44.